The van der Waals surface area contributed by atoms with Crippen LogP contribution in [0.1, 0.15) is 37.5 Å². The Kier molecular flexibility index (Phi) is 5.40. The number of fused-ring (bicyclic) bond motifs is 1. The zero-order valence-electron chi connectivity index (χ0n) is 18.6. The third kappa shape index (κ3) is 3.91. The number of nitro benzene ring substituents is 1. The summed E-state index contributed by atoms with van der Waals surface area (Å²) < 4.78 is 6.45. The average Bonchev–Trinajstić information content (AvgIpc) is 2.61. The van der Waals surface area contributed by atoms with Gasteiger partial charge in [0.1, 0.15) is 5.75 Å². The number of benzene rings is 2. The van der Waals surface area contributed by atoms with Gasteiger partial charge in [0.05, 0.1) is 16.3 Å². The predicted octanol–water partition coefficient (Wildman–Crippen LogP) is 5.96. The first kappa shape index (κ1) is 21.8. The second-order valence-electron chi connectivity index (χ2n) is 9.33. The lowest BCUT2D eigenvalue weighted by atomic mass is 10.0. The van der Waals surface area contributed by atoms with E-state index in [9.17, 15) is 14.9 Å². The van der Waals surface area contributed by atoms with Gasteiger partial charge in [0.25, 0.3) is 5.69 Å². The van der Waals surface area contributed by atoms with Gasteiger partial charge in [-0.2, -0.15) is 0 Å². The number of aryl methyl sites for hydroxylation is 2. The molecule has 0 aliphatic carbocycles. The van der Waals surface area contributed by atoms with Gasteiger partial charge in [-0.15, -0.1) is 0 Å². The summed E-state index contributed by atoms with van der Waals surface area (Å²) in [5.41, 5.74) is 3.97. The lowest BCUT2D eigenvalue weighted by Crippen LogP contribution is -2.44. The van der Waals surface area contributed by atoms with Crippen LogP contribution >= 0.6 is 0 Å². The zero-order valence-corrected chi connectivity index (χ0v) is 19.6. The molecule has 0 unspecified atom stereocenters. The second kappa shape index (κ2) is 7.43. The lowest BCUT2D eigenvalue weighted by molar-refractivity contribution is -0.384. The van der Waals surface area contributed by atoms with Gasteiger partial charge < -0.3 is 9.74 Å². The first-order valence-electron chi connectivity index (χ1n) is 9.97. The number of carbonyl (C=O) groups is 1. The van der Waals surface area contributed by atoms with E-state index in [1.54, 1.807) is 11.0 Å². The van der Waals surface area contributed by atoms with Crippen molar-refractivity contribution in [2.24, 2.45) is 0 Å². The van der Waals surface area contributed by atoms with Crippen LogP contribution in [0.5, 0.6) is 5.75 Å². The summed E-state index contributed by atoms with van der Waals surface area (Å²) in [6.45, 7) is 15.2. The third-order valence-corrected chi connectivity index (χ3v) is 10.4. The van der Waals surface area contributed by atoms with E-state index in [1.165, 1.54) is 12.1 Å². The Morgan fingerprint density at radius 1 is 1.13 bits per heavy atom. The highest BCUT2D eigenvalue weighted by molar-refractivity contribution is 6.74. The van der Waals surface area contributed by atoms with Crippen molar-refractivity contribution in [2.75, 3.05) is 4.90 Å². The summed E-state index contributed by atoms with van der Waals surface area (Å²) >= 11 is 0. The molecule has 1 N–H and O–H groups in total. The van der Waals surface area contributed by atoms with E-state index in [1.807, 2.05) is 26.0 Å². The number of rotatable bonds is 4. The van der Waals surface area contributed by atoms with Crippen molar-refractivity contribution >= 4 is 31.4 Å². The molecule has 0 saturated heterocycles. The molecule has 8 heteroatoms. The summed E-state index contributed by atoms with van der Waals surface area (Å²) in [6.07, 6.45) is 0. The van der Waals surface area contributed by atoms with Crippen molar-refractivity contribution in [3.63, 3.8) is 0 Å². The summed E-state index contributed by atoms with van der Waals surface area (Å²) in [6, 6.07) is 8.28. The van der Waals surface area contributed by atoms with E-state index >= 15 is 0 Å². The minimum Gasteiger partial charge on any atom is -0.543 e. The fourth-order valence-corrected chi connectivity index (χ4v) is 4.42. The van der Waals surface area contributed by atoms with Gasteiger partial charge in [-0.05, 0) is 61.3 Å². The third-order valence-electron chi connectivity index (χ3n) is 6.02. The predicted molar refractivity (Wildman–Crippen MR) is 121 cm³/mol. The molecule has 0 saturated carbocycles. The van der Waals surface area contributed by atoms with Crippen LogP contribution in [0.4, 0.5) is 21.9 Å². The largest absolute Gasteiger partial charge is 0.543 e. The number of nitrogens with one attached hydrogen (secondary N) is 1. The highest BCUT2D eigenvalue weighted by Crippen LogP contribution is 2.41. The zero-order chi connectivity index (χ0) is 22.4. The summed E-state index contributed by atoms with van der Waals surface area (Å²) in [4.78, 5) is 25.1. The molecule has 0 aromatic heterocycles. The Balaban J connectivity index is 2.05. The van der Waals surface area contributed by atoms with Gasteiger partial charge in [0.2, 0.25) is 8.32 Å². The molecule has 2 amide bonds. The van der Waals surface area contributed by atoms with Crippen LogP contribution < -0.4 is 14.6 Å². The topological polar surface area (TPSA) is 84.7 Å². The molecule has 0 radical (unpaired) electrons. The molecule has 30 heavy (non-hydrogen) atoms. The highest BCUT2D eigenvalue weighted by atomic mass is 28.4. The van der Waals surface area contributed by atoms with E-state index in [-0.39, 0.29) is 23.3 Å². The van der Waals surface area contributed by atoms with E-state index < -0.39 is 13.2 Å². The van der Waals surface area contributed by atoms with E-state index in [0.717, 1.165) is 22.6 Å². The monoisotopic (exact) mass is 427 g/mol. The van der Waals surface area contributed by atoms with E-state index in [0.29, 0.717) is 11.3 Å². The van der Waals surface area contributed by atoms with Crippen LogP contribution in [0.2, 0.25) is 18.1 Å². The quantitative estimate of drug-likeness (QED) is 0.371. The van der Waals surface area contributed by atoms with E-state index in [2.05, 4.69) is 39.2 Å². The number of nitro groups is 1. The maximum absolute atomic E-state index is 12.8. The number of anilines is 2. The molecule has 0 atom stereocenters. The van der Waals surface area contributed by atoms with Crippen molar-refractivity contribution in [2.45, 2.75) is 59.3 Å². The first-order valence-corrected chi connectivity index (χ1v) is 12.9. The maximum atomic E-state index is 12.8. The Bertz CT molecular complexity index is 1000. The molecular formula is C22H29N3O4Si. The molecule has 2 aromatic carbocycles. The number of hydrogen-bond acceptors (Lipinski definition) is 4. The van der Waals surface area contributed by atoms with Crippen molar-refractivity contribution < 1.29 is 14.1 Å². The number of nitrogens with zero attached hydrogens (tertiary/aromatic N) is 2. The van der Waals surface area contributed by atoms with Gasteiger partial charge in [-0.1, -0.05) is 20.8 Å². The molecule has 1 aliphatic rings. The maximum Gasteiger partial charge on any atom is 0.326 e. The molecule has 0 bridgehead atoms. The summed E-state index contributed by atoms with van der Waals surface area (Å²) in [7, 11) is -1.99. The normalized spacial score (nSPS) is 14.2. The minimum atomic E-state index is -1.99. The number of non-ortho nitro benzene ring substituents is 1. The van der Waals surface area contributed by atoms with Crippen molar-refractivity contribution in [1.82, 2.24) is 5.32 Å². The molecule has 1 aliphatic heterocycles. The minimum absolute atomic E-state index is 0.0106. The van der Waals surface area contributed by atoms with E-state index in [4.69, 9.17) is 4.43 Å². The highest BCUT2D eigenvalue weighted by Gasteiger charge is 2.39. The van der Waals surface area contributed by atoms with Gasteiger partial charge in [0.15, 0.2) is 0 Å². The lowest BCUT2D eigenvalue weighted by Gasteiger charge is -2.37. The Hall–Kier alpha value is -2.87. The molecule has 160 valence electrons. The van der Waals surface area contributed by atoms with Crippen molar-refractivity contribution in [1.29, 1.82) is 0 Å². The van der Waals surface area contributed by atoms with Crippen LogP contribution in [0.25, 0.3) is 0 Å². The second-order valence-corrected chi connectivity index (χ2v) is 14.1. The first-order chi connectivity index (χ1) is 13.8. The van der Waals surface area contributed by atoms with Crippen LogP contribution in [0, 0.1) is 24.0 Å². The van der Waals surface area contributed by atoms with Gasteiger partial charge in [-0.25, -0.2) is 4.79 Å². The smallest absolute Gasteiger partial charge is 0.326 e. The standard InChI is InChI=1S/C22H29N3O4Si/c1-14-10-18(29-30(6,7)22(3,4)5)11-15(2)20(14)24-19-9-8-17(25(27)28)12-16(19)13-23-21(24)26/h8-12H,13H2,1-7H3,(H,23,26). The molecule has 3 rings (SSSR count). The summed E-state index contributed by atoms with van der Waals surface area (Å²) in [5, 5.41) is 14.0. The molecule has 0 spiro atoms. The molecule has 7 nitrogen and oxygen atoms in total. The molecular weight excluding hydrogens is 398 g/mol. The van der Waals surface area contributed by atoms with Crippen LogP contribution in [0.3, 0.4) is 0 Å². The van der Waals surface area contributed by atoms with Gasteiger partial charge in [-0.3, -0.25) is 15.0 Å². The number of urea groups is 1. The fraction of sp³-hybridized carbons (Fsp3) is 0.409. The van der Waals surface area contributed by atoms with Crippen molar-refractivity contribution in [3.05, 3.63) is 57.1 Å². The summed E-state index contributed by atoms with van der Waals surface area (Å²) in [5.74, 6) is 0.807. The Labute approximate surface area is 178 Å². The molecule has 0 fully saturated rings. The Morgan fingerprint density at radius 2 is 1.73 bits per heavy atom. The Morgan fingerprint density at radius 3 is 2.27 bits per heavy atom. The van der Waals surface area contributed by atoms with Crippen LogP contribution in [-0.4, -0.2) is 19.3 Å². The number of carbonyl (C=O) groups excluding carboxylic acids is 1. The average molecular weight is 428 g/mol. The fourth-order valence-electron chi connectivity index (χ4n) is 3.40. The van der Waals surface area contributed by atoms with Crippen molar-refractivity contribution in [3.8, 4) is 5.75 Å². The van der Waals surface area contributed by atoms with Crippen LogP contribution in [0.15, 0.2) is 30.3 Å². The SMILES string of the molecule is Cc1cc(O[Si](C)(C)C(C)(C)C)cc(C)c1N1C(=O)NCc2cc([N+](=O)[O-])ccc21. The van der Waals surface area contributed by atoms with Gasteiger partial charge >= 0.3 is 6.03 Å². The van der Waals surface area contributed by atoms with Crippen LogP contribution in [-0.2, 0) is 6.54 Å². The number of amides is 2. The molecule has 2 aromatic rings. The number of hydrogen-bond donors (Lipinski definition) is 1. The molecule has 1 heterocycles. The van der Waals surface area contributed by atoms with Gasteiger partial charge in [0, 0.05) is 24.2 Å².